The number of hydrogen-bond donors (Lipinski definition) is 3. The van der Waals surface area contributed by atoms with Gasteiger partial charge in [0, 0.05) is 6.54 Å². The van der Waals surface area contributed by atoms with Crippen LogP contribution in [0.1, 0.15) is 116 Å². The van der Waals surface area contributed by atoms with E-state index in [0.717, 1.165) is 18.9 Å². The predicted octanol–water partition coefficient (Wildman–Crippen LogP) is 9.30. The van der Waals surface area contributed by atoms with Gasteiger partial charge in [-0.2, -0.15) is 0 Å². The van der Waals surface area contributed by atoms with E-state index >= 15 is 0 Å². The summed E-state index contributed by atoms with van der Waals surface area (Å²) in [6, 6.07) is 0.895. The topological polar surface area (TPSA) is 94.8 Å². The summed E-state index contributed by atoms with van der Waals surface area (Å²) in [5.74, 6) is 0. The van der Waals surface area contributed by atoms with Gasteiger partial charge < -0.3 is 28.7 Å². The van der Waals surface area contributed by atoms with Gasteiger partial charge in [0.25, 0.3) is 0 Å². The van der Waals surface area contributed by atoms with Gasteiger partial charge in [-0.05, 0) is 77.8 Å². The zero-order valence-corrected chi connectivity index (χ0v) is 33.6. The van der Waals surface area contributed by atoms with Crippen LogP contribution in [0.25, 0.3) is 0 Å². The van der Waals surface area contributed by atoms with E-state index < -0.39 is 33.8 Å². The molecule has 1 unspecified atom stereocenters. The van der Waals surface area contributed by atoms with Gasteiger partial charge in [-0.1, -0.05) is 103 Å². The first-order valence-electron chi connectivity index (χ1n) is 17.5. The third kappa shape index (κ3) is 26.4. The fourth-order valence-corrected chi connectivity index (χ4v) is 24.0. The molecule has 0 saturated heterocycles. The van der Waals surface area contributed by atoms with Crippen molar-refractivity contribution >= 4 is 39.8 Å². The number of rotatable bonds is 28. The molecule has 0 bridgehead atoms. The lowest BCUT2D eigenvalue weighted by Crippen LogP contribution is -2.62. The lowest BCUT2D eigenvalue weighted by Gasteiger charge is -2.41. The molecule has 0 radical (unpaired) electrons. The average molecular weight is 664 g/mol. The number of hydrogen-bond acceptors (Lipinski definition) is 5. The van der Waals surface area contributed by atoms with Crippen molar-refractivity contribution < 1.29 is 17.1 Å². The van der Waals surface area contributed by atoms with Crippen LogP contribution in [0, 0.1) is 0 Å². The number of nitrogens with two attached hydrogens (primary N) is 1. The summed E-state index contributed by atoms with van der Waals surface area (Å²) in [6.07, 6.45) is 23.0. The van der Waals surface area contributed by atoms with Gasteiger partial charge in [0.15, 0.2) is 16.6 Å². The maximum atomic E-state index is 12.6. The van der Waals surface area contributed by atoms with Crippen molar-refractivity contribution in [2.45, 2.75) is 174 Å². The second kappa shape index (κ2) is 23.3. The Hall–Kier alpha value is -0.0225. The van der Waals surface area contributed by atoms with Gasteiger partial charge in [-0.3, -0.25) is 0 Å². The van der Waals surface area contributed by atoms with Crippen LogP contribution < -0.4 is 16.4 Å². The average Bonchev–Trinajstić information content (AvgIpc) is 2.86. The predicted molar refractivity (Wildman–Crippen MR) is 193 cm³/mol. The second-order valence-corrected chi connectivity index (χ2v) is 30.6. The van der Waals surface area contributed by atoms with Crippen molar-refractivity contribution in [1.82, 2.24) is 10.6 Å². The molecule has 0 saturated carbocycles. The Labute approximate surface area is 266 Å². The van der Waals surface area contributed by atoms with Crippen LogP contribution in [0.5, 0.6) is 0 Å². The molecule has 0 fully saturated rings. The molecule has 1 atom stereocenters. The second-order valence-electron chi connectivity index (χ2n) is 14.5. The van der Waals surface area contributed by atoms with Crippen molar-refractivity contribution in [3.63, 3.8) is 0 Å². The van der Waals surface area contributed by atoms with Gasteiger partial charge in [-0.25, -0.2) is 4.79 Å². The van der Waals surface area contributed by atoms with Gasteiger partial charge >= 0.3 is 23.2 Å². The molecule has 42 heavy (non-hydrogen) atoms. The molecule has 2 amide bonds. The summed E-state index contributed by atoms with van der Waals surface area (Å²) >= 11 is 0. The Morgan fingerprint density at radius 2 is 1.05 bits per heavy atom. The molecule has 0 aliphatic heterocycles. The minimum absolute atomic E-state index is 0.129. The van der Waals surface area contributed by atoms with E-state index in [0.29, 0.717) is 19.3 Å². The van der Waals surface area contributed by atoms with Crippen LogP contribution in [0.15, 0.2) is 0 Å². The lowest BCUT2D eigenvalue weighted by molar-refractivity contribution is 0.239. The highest BCUT2D eigenvalue weighted by Crippen LogP contribution is 2.26. The molecule has 0 aromatic rings. The van der Waals surface area contributed by atoms with Gasteiger partial charge in [0.1, 0.15) is 0 Å². The summed E-state index contributed by atoms with van der Waals surface area (Å²) in [6.45, 7) is 21.0. The molecule has 252 valence electrons. The zero-order valence-electron chi connectivity index (χ0n) is 29.6. The molecule has 0 aromatic heterocycles. The van der Waals surface area contributed by atoms with Crippen LogP contribution in [-0.2, 0) is 12.3 Å². The maximum Gasteiger partial charge on any atom is 0.335 e. The first-order chi connectivity index (χ1) is 19.6. The summed E-state index contributed by atoms with van der Waals surface area (Å²) in [7, 11) is -8.90. The van der Waals surface area contributed by atoms with Crippen molar-refractivity contribution in [3.8, 4) is 0 Å². The van der Waals surface area contributed by atoms with Crippen molar-refractivity contribution in [3.05, 3.63) is 0 Å². The van der Waals surface area contributed by atoms with E-state index in [-0.39, 0.29) is 6.03 Å². The Kier molecular flexibility index (Phi) is 23.3. The third-order valence-corrected chi connectivity index (χ3v) is 21.8. The summed E-state index contributed by atoms with van der Waals surface area (Å²) in [5, 5.41) is 6.10. The molecule has 0 aliphatic rings. The maximum absolute atomic E-state index is 12.6. The van der Waals surface area contributed by atoms with Crippen LogP contribution in [0.2, 0.25) is 58.4 Å². The lowest BCUT2D eigenvalue weighted by atomic mass is 10.0. The van der Waals surface area contributed by atoms with Crippen LogP contribution in [-0.4, -0.2) is 59.0 Å². The molecule has 4 N–H and O–H groups in total. The Morgan fingerprint density at radius 1 is 0.595 bits per heavy atom. The highest BCUT2D eigenvalue weighted by Gasteiger charge is 2.45. The van der Waals surface area contributed by atoms with E-state index in [2.05, 4.69) is 69.9 Å². The molecule has 0 aliphatic carbocycles. The SMILES string of the molecule is CCCCCCCCCCCCCCCCCCNC(=O)NC[Si](C)(O[Si](C)(C)C)O[Si](C)(C)O[Si](C)(C)CCCN. The molecule has 0 heterocycles. The number of urea groups is 1. The van der Waals surface area contributed by atoms with Crippen LogP contribution in [0.3, 0.4) is 0 Å². The molecule has 11 heteroatoms. The largest absolute Gasteiger partial charge is 0.436 e. The molecule has 0 spiro atoms. The number of carbonyl (C=O) groups excluding carboxylic acids is 1. The number of unbranched alkanes of at least 4 members (excludes halogenated alkanes) is 15. The van der Waals surface area contributed by atoms with E-state index in [4.69, 9.17) is 18.1 Å². The van der Waals surface area contributed by atoms with Crippen molar-refractivity contribution in [1.29, 1.82) is 0 Å². The number of amides is 2. The van der Waals surface area contributed by atoms with E-state index in [1.807, 2.05) is 0 Å². The van der Waals surface area contributed by atoms with Crippen LogP contribution >= 0.6 is 0 Å². The number of nitrogens with one attached hydrogen (secondary N) is 2. The Balaban J connectivity index is 4.16. The fraction of sp³-hybridized carbons (Fsp3) is 0.968. The highest BCUT2D eigenvalue weighted by atomic mass is 28.5. The quantitative estimate of drug-likeness (QED) is 0.0573. The summed E-state index contributed by atoms with van der Waals surface area (Å²) in [4.78, 5) is 12.6. The van der Waals surface area contributed by atoms with Crippen molar-refractivity contribution in [2.75, 3.05) is 19.3 Å². The van der Waals surface area contributed by atoms with Crippen molar-refractivity contribution in [2.24, 2.45) is 5.73 Å². The first-order valence-corrected chi connectivity index (χ1v) is 29.3. The van der Waals surface area contributed by atoms with Gasteiger partial charge in [0.05, 0.1) is 6.17 Å². The monoisotopic (exact) mass is 663 g/mol. The molecule has 7 nitrogen and oxygen atoms in total. The summed E-state index contributed by atoms with van der Waals surface area (Å²) in [5.41, 5.74) is 5.74. The number of carbonyl (C=O) groups is 1. The molecular formula is C31H73N3O4Si4. The van der Waals surface area contributed by atoms with E-state index in [9.17, 15) is 4.79 Å². The van der Waals surface area contributed by atoms with Gasteiger partial charge in [-0.15, -0.1) is 0 Å². The standard InChI is InChI=1S/C31H73N3O4Si4/c1-10-11-12-13-14-15-16-17-18-19-20-21-22-23-24-25-28-33-31(35)34-30-42(9,36-39(2,3)4)38-41(7,8)37-40(5,6)29-26-27-32/h10-30,32H2,1-9H3,(H2,33,34,35). The summed E-state index contributed by atoms with van der Waals surface area (Å²) < 4.78 is 20.0. The molecule has 0 aromatic carbocycles. The smallest absolute Gasteiger partial charge is 0.335 e. The first kappa shape index (κ1) is 42.0. The zero-order chi connectivity index (χ0) is 32.0. The van der Waals surface area contributed by atoms with Gasteiger partial charge in [0.2, 0.25) is 0 Å². The minimum Gasteiger partial charge on any atom is -0.436 e. The minimum atomic E-state index is -2.68. The van der Waals surface area contributed by atoms with E-state index in [1.165, 1.54) is 96.3 Å². The van der Waals surface area contributed by atoms with E-state index in [1.54, 1.807) is 0 Å². The molecule has 0 rings (SSSR count). The highest BCUT2D eigenvalue weighted by molar-refractivity contribution is 6.89. The third-order valence-electron chi connectivity index (χ3n) is 7.37. The fourth-order valence-electron chi connectivity index (χ4n) is 5.70. The van der Waals surface area contributed by atoms with Crippen LogP contribution in [0.4, 0.5) is 4.79 Å². The Morgan fingerprint density at radius 3 is 1.48 bits per heavy atom. The Bertz CT molecular complexity index is 681. The molecular weight excluding hydrogens is 591 g/mol. The normalized spacial score (nSPS) is 14.1.